The summed E-state index contributed by atoms with van der Waals surface area (Å²) in [5, 5.41) is 5.42. The molecule has 1 atom stereocenters. The van der Waals surface area contributed by atoms with E-state index in [9.17, 15) is 14.4 Å². The highest BCUT2D eigenvalue weighted by Gasteiger charge is 2.34. The first kappa shape index (κ1) is 23.1. The average molecular weight is 486 g/mol. The van der Waals surface area contributed by atoms with Gasteiger partial charge in [-0.2, -0.15) is 0 Å². The Labute approximate surface area is 183 Å². The first-order chi connectivity index (χ1) is 13.9. The van der Waals surface area contributed by atoms with Crippen LogP contribution in [-0.2, 0) is 14.3 Å². The third-order valence-electron chi connectivity index (χ3n) is 4.13. The number of ether oxygens (including phenoxy) is 2. The molecule has 0 saturated carbocycles. The van der Waals surface area contributed by atoms with Crippen LogP contribution >= 0.6 is 28.1 Å². The first-order valence-electron chi connectivity index (χ1n) is 9.35. The van der Waals surface area contributed by atoms with Gasteiger partial charge in [-0.05, 0) is 43.8 Å². The molecule has 1 saturated heterocycles. The van der Waals surface area contributed by atoms with Crippen molar-refractivity contribution < 1.29 is 23.9 Å². The van der Waals surface area contributed by atoms with Gasteiger partial charge in [0.1, 0.15) is 11.8 Å². The molecule has 8 nitrogen and oxygen atoms in total. The molecule has 1 aromatic carbocycles. The number of hydrogen-bond acceptors (Lipinski definition) is 6. The maximum absolute atomic E-state index is 12.8. The quantitative estimate of drug-likeness (QED) is 0.450. The van der Waals surface area contributed by atoms with Gasteiger partial charge in [0.05, 0.1) is 25.2 Å². The number of carbonyl (C=O) groups excluding carboxylic acids is 3. The van der Waals surface area contributed by atoms with Gasteiger partial charge >= 0.3 is 5.97 Å². The Morgan fingerprint density at radius 2 is 2.14 bits per heavy atom. The van der Waals surface area contributed by atoms with Crippen molar-refractivity contribution >= 4 is 51.0 Å². The Hall–Kier alpha value is -2.20. The fourth-order valence-corrected chi connectivity index (χ4v) is 3.46. The lowest BCUT2D eigenvalue weighted by Crippen LogP contribution is -2.60. The number of thiocarbonyl (C=S) groups is 1. The van der Waals surface area contributed by atoms with Gasteiger partial charge in [0, 0.05) is 17.6 Å². The predicted octanol–water partition coefficient (Wildman–Crippen LogP) is 2.01. The summed E-state index contributed by atoms with van der Waals surface area (Å²) < 4.78 is 11.3. The van der Waals surface area contributed by atoms with Crippen LogP contribution in [0.15, 0.2) is 22.7 Å². The molecule has 0 radical (unpaired) electrons. The molecule has 1 unspecified atom stereocenters. The topological polar surface area (TPSA) is 97.0 Å². The molecule has 0 aromatic heterocycles. The number of esters is 1. The molecule has 29 heavy (non-hydrogen) atoms. The van der Waals surface area contributed by atoms with Crippen molar-refractivity contribution in [2.75, 3.05) is 26.3 Å². The van der Waals surface area contributed by atoms with Gasteiger partial charge < -0.3 is 19.7 Å². The van der Waals surface area contributed by atoms with Crippen molar-refractivity contribution in [3.05, 3.63) is 28.2 Å². The first-order valence-corrected chi connectivity index (χ1v) is 10.5. The van der Waals surface area contributed by atoms with E-state index in [1.54, 1.807) is 18.2 Å². The van der Waals surface area contributed by atoms with E-state index in [0.29, 0.717) is 41.9 Å². The van der Waals surface area contributed by atoms with Gasteiger partial charge in [0.15, 0.2) is 5.11 Å². The Morgan fingerprint density at radius 3 is 2.83 bits per heavy atom. The number of carbonyl (C=O) groups is 3. The summed E-state index contributed by atoms with van der Waals surface area (Å²) in [6.45, 7) is 5.13. The number of halogens is 1. The fraction of sp³-hybridized carbons (Fsp3) is 0.474. The zero-order chi connectivity index (χ0) is 21.4. The number of piperazine rings is 1. The van der Waals surface area contributed by atoms with Crippen molar-refractivity contribution in [3.8, 4) is 5.75 Å². The van der Waals surface area contributed by atoms with Crippen molar-refractivity contribution in [3.63, 3.8) is 0 Å². The second-order valence-corrected chi connectivity index (χ2v) is 7.56. The molecule has 1 aromatic rings. The average Bonchev–Trinajstić information content (AvgIpc) is 2.69. The van der Waals surface area contributed by atoms with Crippen LogP contribution in [0.5, 0.6) is 5.75 Å². The van der Waals surface area contributed by atoms with E-state index in [1.807, 2.05) is 13.8 Å². The predicted molar refractivity (Wildman–Crippen MR) is 115 cm³/mol. The van der Waals surface area contributed by atoms with E-state index in [2.05, 4.69) is 26.6 Å². The summed E-state index contributed by atoms with van der Waals surface area (Å²) in [4.78, 5) is 38.6. The van der Waals surface area contributed by atoms with Gasteiger partial charge in [0.25, 0.3) is 5.91 Å². The van der Waals surface area contributed by atoms with Crippen LogP contribution in [0.1, 0.15) is 37.0 Å². The SMILES string of the molecule is CCCOC(=O)CC1C(=O)NCCN1C(=S)NC(=O)c1cc(Br)ccc1OCC. The van der Waals surface area contributed by atoms with Gasteiger partial charge in [0.2, 0.25) is 5.91 Å². The highest BCUT2D eigenvalue weighted by molar-refractivity contribution is 9.10. The Balaban J connectivity index is 2.12. The zero-order valence-electron chi connectivity index (χ0n) is 16.3. The second kappa shape index (κ2) is 11.1. The molecule has 158 valence electrons. The Kier molecular flexibility index (Phi) is 8.84. The number of nitrogens with one attached hydrogen (secondary N) is 2. The molecule has 1 heterocycles. The number of benzene rings is 1. The van der Waals surface area contributed by atoms with E-state index in [-0.39, 0.29) is 24.0 Å². The lowest BCUT2D eigenvalue weighted by Gasteiger charge is -2.36. The van der Waals surface area contributed by atoms with Gasteiger partial charge in [-0.15, -0.1) is 0 Å². The molecule has 1 fully saturated rings. The van der Waals surface area contributed by atoms with Crippen LogP contribution in [0.2, 0.25) is 0 Å². The standard InChI is InChI=1S/C19H24BrN3O5S/c1-3-9-28-16(24)11-14-18(26)21-7-8-23(14)19(29)22-17(25)13-10-12(20)5-6-15(13)27-4-2/h5-6,10,14H,3-4,7-9,11H2,1-2H3,(H,21,26)(H,22,25,29). The number of amides is 2. The molecule has 2 amide bonds. The van der Waals surface area contributed by atoms with E-state index in [0.717, 1.165) is 0 Å². The van der Waals surface area contributed by atoms with Crippen LogP contribution in [0.3, 0.4) is 0 Å². The number of rotatable bonds is 7. The summed E-state index contributed by atoms with van der Waals surface area (Å²) in [5.74, 6) is -0.859. The third-order valence-corrected chi connectivity index (χ3v) is 4.96. The molecular formula is C19H24BrN3O5S. The van der Waals surface area contributed by atoms with E-state index >= 15 is 0 Å². The highest BCUT2D eigenvalue weighted by atomic mass is 79.9. The van der Waals surface area contributed by atoms with Crippen molar-refractivity contribution in [1.82, 2.24) is 15.5 Å². The molecular weight excluding hydrogens is 462 g/mol. The lowest BCUT2D eigenvalue weighted by molar-refractivity contribution is -0.147. The van der Waals surface area contributed by atoms with Crippen LogP contribution in [0, 0.1) is 0 Å². The molecule has 10 heteroatoms. The Morgan fingerprint density at radius 1 is 1.38 bits per heavy atom. The molecule has 0 spiro atoms. The highest BCUT2D eigenvalue weighted by Crippen LogP contribution is 2.23. The Bertz CT molecular complexity index is 789. The normalized spacial score (nSPS) is 16.0. The van der Waals surface area contributed by atoms with Crippen molar-refractivity contribution in [1.29, 1.82) is 0 Å². The monoisotopic (exact) mass is 485 g/mol. The molecule has 2 N–H and O–H groups in total. The molecule has 0 bridgehead atoms. The van der Waals surface area contributed by atoms with E-state index < -0.39 is 17.9 Å². The molecule has 1 aliphatic heterocycles. The van der Waals surface area contributed by atoms with Crippen molar-refractivity contribution in [2.24, 2.45) is 0 Å². The summed E-state index contributed by atoms with van der Waals surface area (Å²) >= 11 is 8.71. The summed E-state index contributed by atoms with van der Waals surface area (Å²) in [6, 6.07) is 4.25. The van der Waals surface area contributed by atoms with Crippen molar-refractivity contribution in [2.45, 2.75) is 32.7 Å². The zero-order valence-corrected chi connectivity index (χ0v) is 18.7. The molecule has 1 aliphatic rings. The van der Waals surface area contributed by atoms with Crippen LogP contribution < -0.4 is 15.4 Å². The van der Waals surface area contributed by atoms with Crippen LogP contribution in [-0.4, -0.2) is 60.1 Å². The van der Waals surface area contributed by atoms with Gasteiger partial charge in [-0.3, -0.25) is 19.7 Å². The number of nitrogens with zero attached hydrogens (tertiary/aromatic N) is 1. The van der Waals surface area contributed by atoms with E-state index in [4.69, 9.17) is 21.7 Å². The lowest BCUT2D eigenvalue weighted by atomic mass is 10.1. The van der Waals surface area contributed by atoms with Gasteiger partial charge in [-0.1, -0.05) is 22.9 Å². The maximum atomic E-state index is 12.8. The molecule has 2 rings (SSSR count). The van der Waals surface area contributed by atoms with Crippen LogP contribution in [0.4, 0.5) is 0 Å². The smallest absolute Gasteiger partial charge is 0.308 e. The minimum atomic E-state index is -0.838. The number of hydrogen-bond donors (Lipinski definition) is 2. The minimum Gasteiger partial charge on any atom is -0.493 e. The minimum absolute atomic E-state index is 0.0700. The van der Waals surface area contributed by atoms with E-state index in [1.165, 1.54) is 4.90 Å². The second-order valence-electron chi connectivity index (χ2n) is 6.26. The van der Waals surface area contributed by atoms with Gasteiger partial charge in [-0.25, -0.2) is 0 Å². The summed E-state index contributed by atoms with van der Waals surface area (Å²) in [7, 11) is 0. The summed E-state index contributed by atoms with van der Waals surface area (Å²) in [6.07, 6.45) is 0.540. The summed E-state index contributed by atoms with van der Waals surface area (Å²) in [5.41, 5.74) is 0.309. The maximum Gasteiger partial charge on any atom is 0.308 e. The third kappa shape index (κ3) is 6.40. The molecule has 0 aliphatic carbocycles. The largest absolute Gasteiger partial charge is 0.493 e. The fourth-order valence-electron chi connectivity index (χ4n) is 2.79. The van der Waals surface area contributed by atoms with Crippen LogP contribution in [0.25, 0.3) is 0 Å².